The summed E-state index contributed by atoms with van der Waals surface area (Å²) in [4.78, 5) is 25.3. The van der Waals surface area contributed by atoms with E-state index in [1.165, 1.54) is 0 Å². The summed E-state index contributed by atoms with van der Waals surface area (Å²) in [6.45, 7) is 3.76. The lowest BCUT2D eigenvalue weighted by atomic mass is 9.89. The lowest BCUT2D eigenvalue weighted by Crippen LogP contribution is -2.41. The van der Waals surface area contributed by atoms with Crippen LogP contribution in [0, 0.1) is 5.41 Å². The van der Waals surface area contributed by atoms with E-state index < -0.39 is 0 Å². The Morgan fingerprint density at radius 1 is 1.56 bits per heavy atom. The molecule has 1 amide bonds. The molecule has 0 bridgehead atoms. The van der Waals surface area contributed by atoms with Gasteiger partial charge in [0.15, 0.2) is 0 Å². The lowest BCUT2D eigenvalue weighted by Gasteiger charge is -2.26. The van der Waals surface area contributed by atoms with Crippen molar-refractivity contribution in [2.24, 2.45) is 5.41 Å². The zero-order valence-corrected chi connectivity index (χ0v) is 10.1. The van der Waals surface area contributed by atoms with Gasteiger partial charge in [0.1, 0.15) is 5.78 Å². The third-order valence-corrected chi connectivity index (χ3v) is 4.01. The zero-order valence-electron chi connectivity index (χ0n) is 10.1. The number of rotatable bonds is 2. The van der Waals surface area contributed by atoms with Gasteiger partial charge in [-0.15, -0.1) is 0 Å². The molecule has 1 heterocycles. The smallest absolute Gasteiger partial charge is 0.227 e. The minimum absolute atomic E-state index is 0.124. The highest BCUT2D eigenvalue weighted by Gasteiger charge is 2.43. The number of likely N-dealkylation sites (tertiary alicyclic amines) is 1. The van der Waals surface area contributed by atoms with E-state index in [1.807, 2.05) is 6.92 Å². The summed E-state index contributed by atoms with van der Waals surface area (Å²) in [5.41, 5.74) is -0.264. The Balaban J connectivity index is 1.97. The third-order valence-electron chi connectivity index (χ3n) is 4.01. The molecule has 0 aromatic heterocycles. The molecule has 0 aromatic rings. The Bertz CT molecular complexity index is 316. The van der Waals surface area contributed by atoms with Crippen LogP contribution in [0.15, 0.2) is 0 Å². The molecule has 4 heteroatoms. The molecule has 16 heavy (non-hydrogen) atoms. The van der Waals surface area contributed by atoms with Crippen molar-refractivity contribution in [3.63, 3.8) is 0 Å². The number of Topliss-reactive ketones (excluding diaryl/α,β-unsaturated/α-hetero) is 1. The Morgan fingerprint density at radius 3 is 2.88 bits per heavy atom. The number of carbonyl (C=O) groups excluding carboxylic acids is 2. The van der Waals surface area contributed by atoms with Gasteiger partial charge in [-0.3, -0.25) is 14.5 Å². The van der Waals surface area contributed by atoms with Crippen molar-refractivity contribution in [2.75, 3.05) is 20.1 Å². The van der Waals surface area contributed by atoms with E-state index in [2.05, 4.69) is 10.2 Å². The van der Waals surface area contributed by atoms with Crippen LogP contribution in [-0.2, 0) is 9.59 Å². The average Bonchev–Trinajstić information content (AvgIpc) is 2.84. The summed E-state index contributed by atoms with van der Waals surface area (Å²) in [5.74, 6) is 0.498. The van der Waals surface area contributed by atoms with Gasteiger partial charge in [0, 0.05) is 32.5 Å². The first-order chi connectivity index (χ1) is 7.55. The van der Waals surface area contributed by atoms with Gasteiger partial charge >= 0.3 is 0 Å². The van der Waals surface area contributed by atoms with Gasteiger partial charge in [-0.1, -0.05) is 0 Å². The predicted octanol–water partition coefficient (Wildman–Crippen LogP) is 0.566. The number of ketones is 1. The minimum atomic E-state index is -0.264. The molecular weight excluding hydrogens is 204 g/mol. The molecule has 1 aliphatic carbocycles. The van der Waals surface area contributed by atoms with Gasteiger partial charge in [0.25, 0.3) is 0 Å². The second kappa shape index (κ2) is 4.17. The quantitative estimate of drug-likeness (QED) is 0.746. The fourth-order valence-corrected chi connectivity index (χ4v) is 2.90. The van der Waals surface area contributed by atoms with Gasteiger partial charge in [-0.2, -0.15) is 0 Å². The van der Waals surface area contributed by atoms with Crippen LogP contribution < -0.4 is 5.32 Å². The maximum absolute atomic E-state index is 11.8. The van der Waals surface area contributed by atoms with E-state index in [4.69, 9.17) is 0 Å². The summed E-state index contributed by atoms with van der Waals surface area (Å²) in [6, 6.07) is 0.388. The van der Waals surface area contributed by atoms with Crippen LogP contribution in [-0.4, -0.2) is 42.8 Å². The van der Waals surface area contributed by atoms with E-state index in [-0.39, 0.29) is 11.3 Å². The molecule has 1 saturated heterocycles. The summed E-state index contributed by atoms with van der Waals surface area (Å²) >= 11 is 0. The Kier molecular flexibility index (Phi) is 3.02. The normalized spacial score (nSPS) is 35.6. The van der Waals surface area contributed by atoms with Crippen LogP contribution in [0.3, 0.4) is 0 Å². The first kappa shape index (κ1) is 11.6. The Morgan fingerprint density at radius 2 is 2.31 bits per heavy atom. The van der Waals surface area contributed by atoms with Gasteiger partial charge in [0.05, 0.1) is 5.41 Å². The second-order valence-corrected chi connectivity index (χ2v) is 5.30. The van der Waals surface area contributed by atoms with E-state index in [9.17, 15) is 9.59 Å². The predicted molar refractivity (Wildman–Crippen MR) is 61.0 cm³/mol. The Labute approximate surface area is 96.4 Å². The fraction of sp³-hybridized carbons (Fsp3) is 0.833. The van der Waals surface area contributed by atoms with Crippen LogP contribution in [0.2, 0.25) is 0 Å². The van der Waals surface area contributed by atoms with Crippen LogP contribution in [0.4, 0.5) is 0 Å². The standard InChI is InChI=1S/C12H20N2O2/c1-12(11(16)13-2)5-6-14(8-12)9-3-4-10(15)7-9/h9H,3-8H2,1-2H3,(H,13,16). The van der Waals surface area contributed by atoms with Gasteiger partial charge in [-0.25, -0.2) is 0 Å². The molecule has 0 radical (unpaired) electrons. The van der Waals surface area contributed by atoms with Crippen LogP contribution >= 0.6 is 0 Å². The number of nitrogens with one attached hydrogen (secondary N) is 1. The zero-order chi connectivity index (χ0) is 11.8. The molecule has 4 nitrogen and oxygen atoms in total. The van der Waals surface area contributed by atoms with E-state index in [0.717, 1.165) is 32.4 Å². The topological polar surface area (TPSA) is 49.4 Å². The molecular formula is C12H20N2O2. The monoisotopic (exact) mass is 224 g/mol. The average molecular weight is 224 g/mol. The third kappa shape index (κ3) is 1.98. The molecule has 2 atom stereocenters. The minimum Gasteiger partial charge on any atom is -0.359 e. The molecule has 2 rings (SSSR count). The van der Waals surface area contributed by atoms with Gasteiger partial charge in [-0.05, 0) is 26.3 Å². The lowest BCUT2D eigenvalue weighted by molar-refractivity contribution is -0.129. The first-order valence-electron chi connectivity index (χ1n) is 6.03. The number of nitrogens with zero attached hydrogens (tertiary/aromatic N) is 1. The van der Waals surface area contributed by atoms with Crippen molar-refractivity contribution in [1.82, 2.24) is 10.2 Å². The van der Waals surface area contributed by atoms with Crippen LogP contribution in [0.1, 0.15) is 32.6 Å². The summed E-state index contributed by atoms with van der Waals surface area (Å²) in [5, 5.41) is 2.73. The number of hydrogen-bond donors (Lipinski definition) is 1. The largest absolute Gasteiger partial charge is 0.359 e. The van der Waals surface area contributed by atoms with Crippen molar-refractivity contribution in [3.05, 3.63) is 0 Å². The molecule has 0 spiro atoms. The van der Waals surface area contributed by atoms with Gasteiger partial charge in [0.2, 0.25) is 5.91 Å². The molecule has 1 N–H and O–H groups in total. The van der Waals surface area contributed by atoms with Crippen molar-refractivity contribution in [1.29, 1.82) is 0 Å². The maximum atomic E-state index is 11.8. The highest BCUT2D eigenvalue weighted by atomic mass is 16.2. The van der Waals surface area contributed by atoms with E-state index >= 15 is 0 Å². The summed E-state index contributed by atoms with van der Waals surface area (Å²) in [6.07, 6.45) is 3.28. The number of hydrogen-bond acceptors (Lipinski definition) is 3. The van der Waals surface area contributed by atoms with Crippen LogP contribution in [0.5, 0.6) is 0 Å². The molecule has 2 unspecified atom stereocenters. The first-order valence-corrected chi connectivity index (χ1v) is 6.03. The molecule has 2 fully saturated rings. The van der Waals surface area contributed by atoms with E-state index in [1.54, 1.807) is 7.05 Å². The molecule has 0 aromatic carbocycles. The molecule has 2 aliphatic rings. The van der Waals surface area contributed by atoms with Crippen LogP contribution in [0.25, 0.3) is 0 Å². The second-order valence-electron chi connectivity index (χ2n) is 5.30. The maximum Gasteiger partial charge on any atom is 0.227 e. The number of carbonyl (C=O) groups is 2. The Hall–Kier alpha value is -0.900. The van der Waals surface area contributed by atoms with Crippen molar-refractivity contribution in [2.45, 2.75) is 38.6 Å². The van der Waals surface area contributed by atoms with Crippen molar-refractivity contribution < 1.29 is 9.59 Å². The van der Waals surface area contributed by atoms with Crippen molar-refractivity contribution in [3.8, 4) is 0 Å². The molecule has 1 aliphatic heterocycles. The molecule has 90 valence electrons. The van der Waals surface area contributed by atoms with Gasteiger partial charge < -0.3 is 5.32 Å². The SMILES string of the molecule is CNC(=O)C1(C)CCN(C2CCC(=O)C2)C1. The summed E-state index contributed by atoms with van der Waals surface area (Å²) < 4.78 is 0. The number of amides is 1. The van der Waals surface area contributed by atoms with Crippen molar-refractivity contribution >= 4 is 11.7 Å². The highest BCUT2D eigenvalue weighted by Crippen LogP contribution is 2.34. The fourth-order valence-electron chi connectivity index (χ4n) is 2.90. The molecule has 1 saturated carbocycles. The summed E-state index contributed by atoms with van der Waals surface area (Å²) in [7, 11) is 1.69. The van der Waals surface area contributed by atoms with E-state index in [0.29, 0.717) is 18.2 Å². The highest BCUT2D eigenvalue weighted by molar-refractivity contribution is 5.83.